The Morgan fingerprint density at radius 3 is 2.76 bits per heavy atom. The summed E-state index contributed by atoms with van der Waals surface area (Å²) in [7, 11) is 1.80. The Kier molecular flexibility index (Phi) is 1.97. The highest BCUT2D eigenvalue weighted by Gasteiger charge is 2.42. The van der Waals surface area contributed by atoms with E-state index in [1.807, 2.05) is 24.3 Å². The molecule has 2 unspecified atom stereocenters. The number of nitrogens with zero attached hydrogens (tertiary/aromatic N) is 1. The van der Waals surface area contributed by atoms with Crippen molar-refractivity contribution < 1.29 is 14.7 Å². The van der Waals surface area contributed by atoms with Crippen molar-refractivity contribution in [3.05, 3.63) is 35.5 Å². The van der Waals surface area contributed by atoms with Gasteiger partial charge in [0.15, 0.2) is 5.78 Å². The maximum atomic E-state index is 12.1. The van der Waals surface area contributed by atoms with Crippen LogP contribution in [-0.4, -0.2) is 21.7 Å². The molecule has 0 saturated carbocycles. The summed E-state index contributed by atoms with van der Waals surface area (Å²) in [5, 5.41) is 10.8. The molecule has 3 rings (SSSR count). The molecule has 17 heavy (non-hydrogen) atoms. The Labute approximate surface area is 97.5 Å². The van der Waals surface area contributed by atoms with Gasteiger partial charge in [0.2, 0.25) is 0 Å². The first-order valence-electron chi connectivity index (χ1n) is 5.41. The van der Waals surface area contributed by atoms with Gasteiger partial charge in [-0.15, -0.1) is 0 Å². The standard InChI is InChI=1S/C13H11NO3/c1-14-9-5-3-2-4-7(9)10-11(14)13(17)8(6-15)12(10)16/h2-6,8,13,17H,1H3. The van der Waals surface area contributed by atoms with E-state index in [0.717, 1.165) is 10.9 Å². The van der Waals surface area contributed by atoms with Gasteiger partial charge in [-0.3, -0.25) is 4.79 Å². The summed E-state index contributed by atoms with van der Waals surface area (Å²) in [4.78, 5) is 22.9. The van der Waals surface area contributed by atoms with Crippen LogP contribution in [0.5, 0.6) is 0 Å². The summed E-state index contributed by atoms with van der Waals surface area (Å²) in [5.74, 6) is -1.23. The van der Waals surface area contributed by atoms with Crippen molar-refractivity contribution in [1.82, 2.24) is 4.57 Å². The molecule has 0 radical (unpaired) electrons. The van der Waals surface area contributed by atoms with Gasteiger partial charge in [-0.05, 0) is 6.07 Å². The van der Waals surface area contributed by atoms with Crippen LogP contribution < -0.4 is 0 Å². The maximum Gasteiger partial charge on any atom is 0.178 e. The van der Waals surface area contributed by atoms with E-state index in [1.54, 1.807) is 11.6 Å². The number of aldehydes is 1. The Bertz CT molecular complexity index is 641. The molecule has 4 heteroatoms. The van der Waals surface area contributed by atoms with Crippen molar-refractivity contribution in [1.29, 1.82) is 0 Å². The van der Waals surface area contributed by atoms with Crippen LogP contribution in [0, 0.1) is 5.92 Å². The molecule has 1 aromatic carbocycles. The highest BCUT2D eigenvalue weighted by Crippen LogP contribution is 2.40. The number of fused-ring (bicyclic) bond motifs is 3. The fourth-order valence-corrected chi connectivity index (χ4v) is 2.63. The van der Waals surface area contributed by atoms with Gasteiger partial charge in [0.25, 0.3) is 0 Å². The van der Waals surface area contributed by atoms with Crippen LogP contribution in [0.3, 0.4) is 0 Å². The van der Waals surface area contributed by atoms with Crippen LogP contribution in [0.25, 0.3) is 10.9 Å². The second-order valence-electron chi connectivity index (χ2n) is 4.31. The topological polar surface area (TPSA) is 59.3 Å². The third kappa shape index (κ3) is 1.10. The van der Waals surface area contributed by atoms with Crippen molar-refractivity contribution in [2.45, 2.75) is 6.10 Å². The molecule has 0 amide bonds. The van der Waals surface area contributed by atoms with E-state index >= 15 is 0 Å². The third-order valence-electron chi connectivity index (χ3n) is 3.47. The minimum Gasteiger partial charge on any atom is -0.386 e. The van der Waals surface area contributed by atoms with E-state index in [1.165, 1.54) is 0 Å². The molecular weight excluding hydrogens is 218 g/mol. The van der Waals surface area contributed by atoms with E-state index in [2.05, 4.69) is 0 Å². The number of benzene rings is 1. The molecule has 1 aromatic heterocycles. The SMILES string of the molecule is Cn1c2c(c3ccccc31)C(=O)C(C=O)C2O. The molecule has 86 valence electrons. The van der Waals surface area contributed by atoms with Gasteiger partial charge in [0.05, 0.1) is 5.69 Å². The van der Waals surface area contributed by atoms with Crippen molar-refractivity contribution in [3.63, 3.8) is 0 Å². The molecule has 1 aliphatic carbocycles. The monoisotopic (exact) mass is 229 g/mol. The van der Waals surface area contributed by atoms with Crippen LogP contribution in [0.15, 0.2) is 24.3 Å². The summed E-state index contributed by atoms with van der Waals surface area (Å²) in [6.45, 7) is 0. The zero-order chi connectivity index (χ0) is 12.2. The summed E-state index contributed by atoms with van der Waals surface area (Å²) in [6, 6.07) is 7.46. The van der Waals surface area contributed by atoms with Gasteiger partial charge in [0.1, 0.15) is 18.3 Å². The number of aliphatic hydroxyl groups excluding tert-OH is 1. The summed E-state index contributed by atoms with van der Waals surface area (Å²) < 4.78 is 1.79. The van der Waals surface area contributed by atoms with E-state index in [4.69, 9.17) is 0 Å². The highest BCUT2D eigenvalue weighted by atomic mass is 16.3. The minimum atomic E-state index is -1.02. The molecule has 0 bridgehead atoms. The summed E-state index contributed by atoms with van der Waals surface area (Å²) >= 11 is 0. The van der Waals surface area contributed by atoms with Gasteiger partial charge in [-0.1, -0.05) is 18.2 Å². The van der Waals surface area contributed by atoms with Crippen LogP contribution in [-0.2, 0) is 11.8 Å². The Morgan fingerprint density at radius 1 is 1.35 bits per heavy atom. The zero-order valence-electron chi connectivity index (χ0n) is 9.25. The second-order valence-corrected chi connectivity index (χ2v) is 4.31. The molecule has 0 saturated heterocycles. The number of carbonyl (C=O) groups excluding carboxylic acids is 2. The van der Waals surface area contributed by atoms with Gasteiger partial charge in [0, 0.05) is 23.5 Å². The zero-order valence-corrected chi connectivity index (χ0v) is 9.25. The third-order valence-corrected chi connectivity index (χ3v) is 3.47. The lowest BCUT2D eigenvalue weighted by Crippen LogP contribution is -2.16. The fourth-order valence-electron chi connectivity index (χ4n) is 2.63. The number of aromatic nitrogens is 1. The number of aliphatic hydroxyl groups is 1. The lowest BCUT2D eigenvalue weighted by Gasteiger charge is -2.09. The van der Waals surface area contributed by atoms with Gasteiger partial charge < -0.3 is 14.5 Å². The molecule has 0 fully saturated rings. The van der Waals surface area contributed by atoms with Crippen LogP contribution in [0.1, 0.15) is 22.2 Å². The Morgan fingerprint density at radius 2 is 2.06 bits per heavy atom. The summed E-state index contributed by atoms with van der Waals surface area (Å²) in [6.07, 6.45) is -0.491. The van der Waals surface area contributed by atoms with Crippen molar-refractivity contribution in [2.24, 2.45) is 13.0 Å². The average molecular weight is 229 g/mol. The summed E-state index contributed by atoms with van der Waals surface area (Å²) in [5.41, 5.74) is 1.94. The van der Waals surface area contributed by atoms with Crippen molar-refractivity contribution in [2.75, 3.05) is 0 Å². The number of carbonyl (C=O) groups is 2. The number of hydrogen-bond acceptors (Lipinski definition) is 3. The molecule has 0 aliphatic heterocycles. The number of aryl methyl sites for hydroxylation is 1. The molecule has 1 aliphatic rings. The van der Waals surface area contributed by atoms with Crippen molar-refractivity contribution in [3.8, 4) is 0 Å². The van der Waals surface area contributed by atoms with E-state index < -0.39 is 12.0 Å². The Hall–Kier alpha value is -1.94. The normalized spacial score (nSPS) is 23.1. The maximum absolute atomic E-state index is 12.1. The van der Waals surface area contributed by atoms with Crippen LogP contribution in [0.4, 0.5) is 0 Å². The molecule has 1 heterocycles. The molecule has 4 nitrogen and oxygen atoms in total. The quantitative estimate of drug-likeness (QED) is 0.591. The molecule has 2 atom stereocenters. The number of ketones is 1. The average Bonchev–Trinajstić information content (AvgIpc) is 2.76. The molecular formula is C13H11NO3. The largest absolute Gasteiger partial charge is 0.386 e. The first-order valence-corrected chi connectivity index (χ1v) is 5.41. The molecule has 0 spiro atoms. The minimum absolute atomic E-state index is 0.278. The number of para-hydroxylation sites is 1. The number of hydrogen-bond donors (Lipinski definition) is 1. The van der Waals surface area contributed by atoms with Gasteiger partial charge >= 0.3 is 0 Å². The second kappa shape index (κ2) is 3.28. The molecule has 1 N–H and O–H groups in total. The number of Topliss-reactive ketones (excluding diaryl/α,β-unsaturated/α-hetero) is 1. The van der Waals surface area contributed by atoms with Gasteiger partial charge in [-0.25, -0.2) is 0 Å². The predicted octanol–water partition coefficient (Wildman–Crippen LogP) is 1.22. The first kappa shape index (κ1) is 10.2. The molecule has 2 aromatic rings. The van der Waals surface area contributed by atoms with Crippen LogP contribution >= 0.6 is 0 Å². The van der Waals surface area contributed by atoms with Crippen LogP contribution in [0.2, 0.25) is 0 Å². The van der Waals surface area contributed by atoms with Crippen molar-refractivity contribution >= 4 is 23.0 Å². The highest BCUT2D eigenvalue weighted by molar-refractivity contribution is 6.17. The fraction of sp³-hybridized carbons (Fsp3) is 0.231. The lowest BCUT2D eigenvalue weighted by molar-refractivity contribution is -0.112. The Balaban J connectivity index is 2.40. The lowest BCUT2D eigenvalue weighted by atomic mass is 10.0. The van der Waals surface area contributed by atoms with E-state index in [-0.39, 0.29) is 5.78 Å². The smallest absolute Gasteiger partial charge is 0.178 e. The number of rotatable bonds is 1. The predicted molar refractivity (Wildman–Crippen MR) is 61.8 cm³/mol. The van der Waals surface area contributed by atoms with E-state index in [0.29, 0.717) is 17.5 Å². The first-order chi connectivity index (χ1) is 8.16. The van der Waals surface area contributed by atoms with E-state index in [9.17, 15) is 14.7 Å². The van der Waals surface area contributed by atoms with Gasteiger partial charge in [-0.2, -0.15) is 0 Å².